The quantitative estimate of drug-likeness (QED) is 0.809. The Morgan fingerprint density at radius 1 is 1.08 bits per heavy atom. The van der Waals surface area contributed by atoms with Crippen LogP contribution in [-0.2, 0) is 10.0 Å². The van der Waals surface area contributed by atoms with Crippen LogP contribution >= 0.6 is 0 Å². The molecule has 0 unspecified atom stereocenters. The lowest BCUT2D eigenvalue weighted by Gasteiger charge is -2.13. The van der Waals surface area contributed by atoms with Crippen LogP contribution in [0.2, 0.25) is 0 Å². The summed E-state index contributed by atoms with van der Waals surface area (Å²) in [4.78, 5) is 13.8. The van der Waals surface area contributed by atoms with Crippen molar-refractivity contribution in [3.05, 3.63) is 53.8 Å². The van der Waals surface area contributed by atoms with E-state index in [1.54, 1.807) is 26.0 Å². The Morgan fingerprint density at radius 3 is 2.23 bits per heavy atom. The van der Waals surface area contributed by atoms with E-state index in [1.165, 1.54) is 6.07 Å². The SMILES string of the molecule is CC(C)NS(=O)(=O)c1cc(C(=O)Nc2ccc(N(C)C)cc2)ccc1F. The van der Waals surface area contributed by atoms with E-state index in [4.69, 9.17) is 0 Å². The van der Waals surface area contributed by atoms with Gasteiger partial charge in [-0.1, -0.05) is 0 Å². The molecule has 0 aliphatic carbocycles. The minimum absolute atomic E-state index is 0.0483. The van der Waals surface area contributed by atoms with Crippen LogP contribution in [0.3, 0.4) is 0 Å². The molecule has 0 heterocycles. The maximum atomic E-state index is 14.0. The molecule has 0 spiro atoms. The average Bonchev–Trinajstić information content (AvgIpc) is 2.54. The first-order valence-corrected chi connectivity index (χ1v) is 9.49. The van der Waals surface area contributed by atoms with Gasteiger partial charge in [0.2, 0.25) is 10.0 Å². The molecule has 0 aromatic heterocycles. The summed E-state index contributed by atoms with van der Waals surface area (Å²) in [7, 11) is -0.241. The summed E-state index contributed by atoms with van der Waals surface area (Å²) in [6.45, 7) is 3.26. The highest BCUT2D eigenvalue weighted by Crippen LogP contribution is 2.19. The lowest BCUT2D eigenvalue weighted by Crippen LogP contribution is -2.31. The Kier molecular flexibility index (Phi) is 5.99. The van der Waals surface area contributed by atoms with Gasteiger partial charge in [-0.25, -0.2) is 17.5 Å². The number of hydrogen-bond donors (Lipinski definition) is 2. The van der Waals surface area contributed by atoms with Gasteiger partial charge in [0.05, 0.1) is 0 Å². The fourth-order valence-electron chi connectivity index (χ4n) is 2.27. The van der Waals surface area contributed by atoms with Crippen LogP contribution in [0, 0.1) is 5.82 Å². The summed E-state index contributed by atoms with van der Waals surface area (Å²) in [5.74, 6) is -1.44. The fourth-order valence-corrected chi connectivity index (χ4v) is 3.62. The number of halogens is 1. The van der Waals surface area contributed by atoms with E-state index in [2.05, 4.69) is 10.0 Å². The molecule has 1 amide bonds. The van der Waals surface area contributed by atoms with Gasteiger partial charge in [-0.2, -0.15) is 0 Å². The highest BCUT2D eigenvalue weighted by molar-refractivity contribution is 7.89. The minimum atomic E-state index is -4.04. The van der Waals surface area contributed by atoms with Gasteiger partial charge in [0.1, 0.15) is 10.7 Å². The molecule has 140 valence electrons. The first-order chi connectivity index (χ1) is 12.1. The number of amides is 1. The monoisotopic (exact) mass is 379 g/mol. The molecule has 0 aliphatic heterocycles. The van der Waals surface area contributed by atoms with E-state index in [0.29, 0.717) is 5.69 Å². The zero-order valence-corrected chi connectivity index (χ0v) is 15.9. The van der Waals surface area contributed by atoms with E-state index >= 15 is 0 Å². The van der Waals surface area contributed by atoms with Crippen LogP contribution in [0.4, 0.5) is 15.8 Å². The van der Waals surface area contributed by atoms with Crippen molar-refractivity contribution in [3.8, 4) is 0 Å². The molecule has 6 nitrogen and oxygen atoms in total. The maximum Gasteiger partial charge on any atom is 0.255 e. The second-order valence-electron chi connectivity index (χ2n) is 6.32. The molecule has 0 saturated carbocycles. The van der Waals surface area contributed by atoms with Gasteiger partial charge in [-0.3, -0.25) is 4.79 Å². The largest absolute Gasteiger partial charge is 0.378 e. The van der Waals surface area contributed by atoms with Gasteiger partial charge in [0, 0.05) is 37.1 Å². The van der Waals surface area contributed by atoms with Gasteiger partial charge in [-0.05, 0) is 56.3 Å². The van der Waals surface area contributed by atoms with Crippen LogP contribution in [0.1, 0.15) is 24.2 Å². The number of sulfonamides is 1. The third kappa shape index (κ3) is 4.80. The first-order valence-electron chi connectivity index (χ1n) is 8.01. The first kappa shape index (κ1) is 19.9. The lowest BCUT2D eigenvalue weighted by atomic mass is 10.2. The molecule has 2 aromatic carbocycles. The number of carbonyl (C=O) groups excluding carboxylic acids is 1. The number of rotatable bonds is 6. The van der Waals surface area contributed by atoms with Crippen LogP contribution in [0.15, 0.2) is 47.4 Å². The zero-order valence-electron chi connectivity index (χ0n) is 15.1. The third-order valence-electron chi connectivity index (χ3n) is 3.52. The predicted molar refractivity (Wildman–Crippen MR) is 101 cm³/mol. The van der Waals surface area contributed by atoms with Crippen molar-refractivity contribution in [2.24, 2.45) is 0 Å². The average molecular weight is 379 g/mol. The Bertz CT molecular complexity index is 894. The molecule has 0 atom stereocenters. The Hall–Kier alpha value is -2.45. The highest BCUT2D eigenvalue weighted by Gasteiger charge is 2.22. The molecular formula is C18H22FN3O3S. The predicted octanol–water partition coefficient (Wildman–Crippen LogP) is 2.83. The topological polar surface area (TPSA) is 78.5 Å². The van der Waals surface area contributed by atoms with E-state index < -0.39 is 32.7 Å². The van der Waals surface area contributed by atoms with Crippen molar-refractivity contribution in [1.82, 2.24) is 4.72 Å². The summed E-state index contributed by atoms with van der Waals surface area (Å²) in [6, 6.07) is 9.98. The van der Waals surface area contributed by atoms with Crippen molar-refractivity contribution >= 4 is 27.3 Å². The molecule has 2 N–H and O–H groups in total. The van der Waals surface area contributed by atoms with Crippen molar-refractivity contribution in [2.75, 3.05) is 24.3 Å². The molecule has 2 rings (SSSR count). The number of benzene rings is 2. The number of nitrogens with one attached hydrogen (secondary N) is 2. The van der Waals surface area contributed by atoms with Crippen LogP contribution in [0.25, 0.3) is 0 Å². The molecule has 0 aliphatic rings. The van der Waals surface area contributed by atoms with Crippen LogP contribution in [-0.4, -0.2) is 34.5 Å². The zero-order chi connectivity index (χ0) is 19.5. The van der Waals surface area contributed by atoms with E-state index in [0.717, 1.165) is 17.8 Å². The molecule has 0 bridgehead atoms. The number of carbonyl (C=O) groups is 1. The molecule has 0 radical (unpaired) electrons. The lowest BCUT2D eigenvalue weighted by molar-refractivity contribution is 0.102. The smallest absolute Gasteiger partial charge is 0.255 e. The van der Waals surface area contributed by atoms with Crippen molar-refractivity contribution in [1.29, 1.82) is 0 Å². The number of hydrogen-bond acceptors (Lipinski definition) is 4. The summed E-state index contributed by atoms with van der Waals surface area (Å²) in [6.07, 6.45) is 0. The van der Waals surface area contributed by atoms with Gasteiger partial charge in [0.15, 0.2) is 0 Å². The van der Waals surface area contributed by atoms with Crippen molar-refractivity contribution < 1.29 is 17.6 Å². The molecule has 26 heavy (non-hydrogen) atoms. The summed E-state index contributed by atoms with van der Waals surface area (Å²) >= 11 is 0. The molecule has 8 heteroatoms. The van der Waals surface area contributed by atoms with E-state index in [9.17, 15) is 17.6 Å². The van der Waals surface area contributed by atoms with E-state index in [-0.39, 0.29) is 5.56 Å². The van der Waals surface area contributed by atoms with Gasteiger partial charge in [-0.15, -0.1) is 0 Å². The summed E-state index contributed by atoms with van der Waals surface area (Å²) in [5.41, 5.74) is 1.57. The Balaban J connectivity index is 2.26. The second kappa shape index (κ2) is 7.84. The summed E-state index contributed by atoms with van der Waals surface area (Å²) < 4.78 is 40.7. The second-order valence-corrected chi connectivity index (χ2v) is 8.00. The van der Waals surface area contributed by atoms with Gasteiger partial charge >= 0.3 is 0 Å². The Morgan fingerprint density at radius 2 is 1.69 bits per heavy atom. The third-order valence-corrected chi connectivity index (χ3v) is 5.19. The van der Waals surface area contributed by atoms with Crippen LogP contribution < -0.4 is 14.9 Å². The van der Waals surface area contributed by atoms with Crippen LogP contribution in [0.5, 0.6) is 0 Å². The standard InChI is InChI=1S/C18H22FN3O3S/c1-12(2)21-26(24,25)17-11-13(5-10-16(17)19)18(23)20-14-6-8-15(9-7-14)22(3)4/h5-12,21H,1-4H3,(H,20,23). The van der Waals surface area contributed by atoms with Gasteiger partial charge in [0.25, 0.3) is 5.91 Å². The minimum Gasteiger partial charge on any atom is -0.378 e. The number of anilines is 2. The maximum absolute atomic E-state index is 14.0. The van der Waals surface area contributed by atoms with Gasteiger partial charge < -0.3 is 10.2 Å². The molecule has 0 saturated heterocycles. The molecule has 0 fully saturated rings. The van der Waals surface area contributed by atoms with E-state index in [1.807, 2.05) is 31.1 Å². The fraction of sp³-hybridized carbons (Fsp3) is 0.278. The molecular weight excluding hydrogens is 357 g/mol. The summed E-state index contributed by atoms with van der Waals surface area (Å²) in [5, 5.41) is 2.67. The van der Waals surface area contributed by atoms with Crippen molar-refractivity contribution in [3.63, 3.8) is 0 Å². The Labute approximate surface area is 153 Å². The normalized spacial score (nSPS) is 11.5. The van der Waals surface area contributed by atoms with Crippen molar-refractivity contribution in [2.45, 2.75) is 24.8 Å². The number of nitrogens with zero attached hydrogens (tertiary/aromatic N) is 1. The highest BCUT2D eigenvalue weighted by atomic mass is 32.2. The molecule has 2 aromatic rings.